The molecule has 0 radical (unpaired) electrons. The number of rotatable bonds is 24. The fourth-order valence-corrected chi connectivity index (χ4v) is 11.2. The molecule has 0 aliphatic heterocycles. The average molecular weight is 1820 g/mol. The molecule has 0 atom stereocenters. The summed E-state index contributed by atoms with van der Waals surface area (Å²) in [4.78, 5) is 41.3. The number of hydrogen-bond acceptors (Lipinski definition) is 16. The van der Waals surface area contributed by atoms with Crippen LogP contribution in [-0.4, -0.2) is 115 Å². The Morgan fingerprint density at radius 2 is 0.597 bits per heavy atom. The number of aryl methyl sites for hydroxylation is 3. The highest BCUT2D eigenvalue weighted by Crippen LogP contribution is 2.38. The van der Waals surface area contributed by atoms with Crippen molar-refractivity contribution in [1.29, 1.82) is 0 Å². The first-order valence-corrected chi connectivity index (χ1v) is 44.3. The zero-order valence-electron chi connectivity index (χ0n) is 86.2. The third-order valence-corrected chi connectivity index (χ3v) is 18.6. The molecule has 0 saturated carbocycles. The van der Waals surface area contributed by atoms with Crippen molar-refractivity contribution in [3.05, 3.63) is 354 Å². The van der Waals surface area contributed by atoms with Crippen molar-refractivity contribution in [3.63, 3.8) is 0 Å². The van der Waals surface area contributed by atoms with Gasteiger partial charge in [-0.05, 0) is 157 Å². The van der Waals surface area contributed by atoms with Crippen LogP contribution < -0.4 is 30.6 Å². The number of benzene rings is 8. The second-order valence-corrected chi connectivity index (χ2v) is 32.0. The molecule has 0 unspecified atom stereocenters. The van der Waals surface area contributed by atoms with Crippen molar-refractivity contribution in [2.45, 2.75) is 218 Å². The van der Waals surface area contributed by atoms with Gasteiger partial charge in [0.15, 0.2) is 0 Å². The summed E-state index contributed by atoms with van der Waals surface area (Å²) in [6.07, 6.45) is 17.2. The van der Waals surface area contributed by atoms with Crippen molar-refractivity contribution in [3.8, 4) is 11.5 Å². The number of allylic oxidation sites excluding steroid dienone is 16. The first-order chi connectivity index (χ1) is 62.8. The molecule has 0 heterocycles. The van der Waals surface area contributed by atoms with E-state index in [-0.39, 0.29) is 42.0 Å². The van der Waals surface area contributed by atoms with Gasteiger partial charge in [-0.15, -0.1) is 54.3 Å². The van der Waals surface area contributed by atoms with Gasteiger partial charge in [0.25, 0.3) is 0 Å². The molecule has 0 aliphatic rings. The van der Waals surface area contributed by atoms with Gasteiger partial charge < -0.3 is 51.9 Å². The summed E-state index contributed by atoms with van der Waals surface area (Å²) < 4.78 is 0. The van der Waals surface area contributed by atoms with E-state index < -0.39 is 0 Å². The molecule has 0 aliphatic carbocycles. The lowest BCUT2D eigenvalue weighted by atomic mass is 9.93. The summed E-state index contributed by atoms with van der Waals surface area (Å²) in [6, 6.07) is 60.9. The SMILES string of the molecule is C.CC(/C=C(/C)[N-]c1c(C)cccc1C(C)C)=Nc1c(C(C)C)cccc1C(C)C.CC(/C=C(/C)[N-]c1ccccc1)=Nc1ccccc1.CN=C(C)/C=C(/C)[N-]C.CN=C(C)/C=C(/C)[N-]C.CN=C(C)/C=C(/C)[O-].CN=C(C)/C=C(/C)[O-].CN=C(C)/C=C(/C)[O-].CN=C(C)/C=C(/C)[O-].Cc1cccc(C=Nc2c(C)cccc2C(C)C)c1[O-].[O-]c1ccccc1C=Nc1ccccc1. The number of hydrogen-bond donors (Lipinski definition) is 0. The van der Waals surface area contributed by atoms with E-state index in [2.05, 4.69) is 192 Å². The maximum atomic E-state index is 12.0. The highest BCUT2D eigenvalue weighted by atomic mass is 16.3. The van der Waals surface area contributed by atoms with Crippen LogP contribution in [-0.2, 0) is 0 Å². The van der Waals surface area contributed by atoms with Gasteiger partial charge in [-0.25, -0.2) is 0 Å². The third-order valence-electron chi connectivity index (χ3n) is 18.6. The summed E-state index contributed by atoms with van der Waals surface area (Å²) in [5.74, 6) is 1.98. The van der Waals surface area contributed by atoms with Crippen molar-refractivity contribution in [2.24, 2.45) is 49.9 Å². The molecule has 726 valence electrons. The molecule has 0 N–H and O–H groups in total. The maximum Gasteiger partial charge on any atom is 0.0701 e. The molecule has 0 fully saturated rings. The molecule has 0 amide bonds. The van der Waals surface area contributed by atoms with E-state index in [0.29, 0.717) is 34.8 Å². The normalized spacial score (nSPS) is 12.7. The third kappa shape index (κ3) is 58.2. The van der Waals surface area contributed by atoms with E-state index in [1.807, 2.05) is 195 Å². The molecule has 20 nitrogen and oxygen atoms in total. The zero-order valence-corrected chi connectivity index (χ0v) is 86.2. The molecular weight excluding hydrogens is 1660 g/mol. The Balaban J connectivity index is -0.00000148. The lowest BCUT2D eigenvalue weighted by Crippen LogP contribution is -2.00. The number of para-hydroxylation sites is 8. The van der Waals surface area contributed by atoms with Gasteiger partial charge >= 0.3 is 0 Å². The van der Waals surface area contributed by atoms with Crippen molar-refractivity contribution >= 4 is 92.2 Å². The topological polar surface area (TPSA) is 318 Å². The smallest absolute Gasteiger partial charge is 0.0701 e. The molecule has 0 saturated heterocycles. The van der Waals surface area contributed by atoms with Gasteiger partial charge in [-0.2, -0.15) is 22.8 Å². The molecule has 0 bridgehead atoms. The lowest BCUT2D eigenvalue weighted by Gasteiger charge is -2.30. The monoisotopic (exact) mass is 1820 g/mol. The minimum atomic E-state index is -0.00261. The Labute approximate surface area is 807 Å². The highest BCUT2D eigenvalue weighted by molar-refractivity contribution is 5.98. The Kier molecular flexibility index (Phi) is 67.0. The van der Waals surface area contributed by atoms with Gasteiger partial charge in [0.1, 0.15) is 0 Å². The van der Waals surface area contributed by atoms with Gasteiger partial charge in [0.05, 0.1) is 22.7 Å². The van der Waals surface area contributed by atoms with Gasteiger partial charge in [0.2, 0.25) is 0 Å². The molecule has 134 heavy (non-hydrogen) atoms. The second-order valence-electron chi connectivity index (χ2n) is 32.0. The standard InChI is InChI=1S/C27H37N2.C18H21NO.C17H17N2.C13H11NO.2C7H13N2.4C6H11NO.CH4/c1-17(2)23-13-10-12-20(7)26(23)28-21(8)16-22(9)29-27-24(18(3)4)14-11-15-25(27)19(5)6;1-12(2)16-10-6-7-13(3)17(16)19-11-15-9-5-8-14(4)18(15)20;1-14(18-16-9-5-3-6-10-16)13-15(2)19-17-11-7-4-8-12-17;15-13-9-5-4-6-11(13)10-14-12-7-2-1-3-8-12;2*1-6(8-3)5-7(2)9-4;4*1-5(7-3)4-6(2)8;/h10-19H,1-9H3;5-12,20H,1-4H3;3-13H,1-2H3;1-10,15H;2*5H,1-4H3;4*4,8H,1-3H3;1H4/q-1;;-1;;2*-1;;;;;/p-6/b21-16-,29-22?;;14-13-,19-15?;;2*6-5-,9-7?;4*6-4-,7-5?;. The largest absolute Gasteiger partial charge is 0.876 e. The van der Waals surface area contributed by atoms with E-state index in [9.17, 15) is 30.6 Å². The summed E-state index contributed by atoms with van der Waals surface area (Å²) in [6.45, 7) is 52.8. The van der Waals surface area contributed by atoms with Gasteiger partial charge in [-0.3, -0.25) is 49.9 Å². The molecule has 8 aromatic rings. The van der Waals surface area contributed by atoms with E-state index >= 15 is 0 Å². The van der Waals surface area contributed by atoms with Crippen molar-refractivity contribution in [2.75, 3.05) is 56.4 Å². The molecule has 8 aromatic carbocycles. The van der Waals surface area contributed by atoms with Crippen LogP contribution in [0.4, 0.5) is 34.1 Å². The van der Waals surface area contributed by atoms with Crippen LogP contribution in [0.15, 0.2) is 332 Å². The predicted octanol–water partition coefficient (Wildman–Crippen LogP) is 27.2. The van der Waals surface area contributed by atoms with E-state index in [1.54, 1.807) is 109 Å². The average Bonchev–Trinajstić information content (AvgIpc) is 0.833. The molecular formula is C114H154N14O6-10. The Hall–Kier alpha value is -13.6. The quantitative estimate of drug-likeness (QED) is 0.0418. The Morgan fingerprint density at radius 3 is 0.978 bits per heavy atom. The summed E-state index contributed by atoms with van der Waals surface area (Å²) in [5, 5.41) is 81.8. The Bertz CT molecular complexity index is 5150. The van der Waals surface area contributed by atoms with E-state index in [0.717, 1.165) is 114 Å². The first-order valence-electron chi connectivity index (χ1n) is 44.3. The van der Waals surface area contributed by atoms with Crippen LogP contribution >= 0.6 is 0 Å². The predicted molar refractivity (Wildman–Crippen MR) is 577 cm³/mol. The van der Waals surface area contributed by atoms with Crippen LogP contribution in [0.2, 0.25) is 0 Å². The highest BCUT2D eigenvalue weighted by Gasteiger charge is 2.14. The molecule has 20 heteroatoms. The van der Waals surface area contributed by atoms with E-state index in [1.165, 1.54) is 85.9 Å². The summed E-state index contributed by atoms with van der Waals surface area (Å²) in [5.41, 5.74) is 26.4. The second kappa shape index (κ2) is 72.0. The zero-order chi connectivity index (χ0) is 101. The lowest BCUT2D eigenvalue weighted by molar-refractivity contribution is -0.302. The minimum Gasteiger partial charge on any atom is -0.876 e. The van der Waals surface area contributed by atoms with Gasteiger partial charge in [-0.1, -0.05) is 353 Å². The first kappa shape index (κ1) is 125. The van der Waals surface area contributed by atoms with Crippen molar-refractivity contribution in [1.82, 2.24) is 0 Å². The van der Waals surface area contributed by atoms with Crippen LogP contribution in [0, 0.1) is 20.8 Å². The molecule has 0 spiro atoms. The van der Waals surface area contributed by atoms with E-state index in [4.69, 9.17) is 10.3 Å². The fourth-order valence-electron chi connectivity index (χ4n) is 11.2. The molecule has 0 aromatic heterocycles. The van der Waals surface area contributed by atoms with Crippen molar-refractivity contribution < 1.29 is 30.6 Å². The number of aliphatic imine (C=N–C) groups is 10. The Morgan fingerprint density at radius 1 is 0.291 bits per heavy atom. The fraction of sp³-hybridized carbons (Fsp3) is 0.351. The van der Waals surface area contributed by atoms with Crippen LogP contribution in [0.1, 0.15) is 247 Å². The van der Waals surface area contributed by atoms with Crippen LogP contribution in [0.25, 0.3) is 21.3 Å². The van der Waals surface area contributed by atoms with Gasteiger partial charge in [0, 0.05) is 100 Å². The number of nitrogens with zero attached hydrogens (tertiary/aromatic N) is 14. The molecule has 8 rings (SSSR count). The summed E-state index contributed by atoms with van der Waals surface area (Å²) in [7, 11) is 13.7. The maximum absolute atomic E-state index is 12.0. The van der Waals surface area contributed by atoms with Crippen LogP contribution in [0.5, 0.6) is 11.5 Å². The van der Waals surface area contributed by atoms with Crippen LogP contribution in [0.3, 0.4) is 0 Å². The minimum absolute atomic E-state index is 0. The summed E-state index contributed by atoms with van der Waals surface area (Å²) >= 11 is 0.